The Kier molecular flexibility index (Phi) is 2.73. The second kappa shape index (κ2) is 3.85. The van der Waals surface area contributed by atoms with Crippen molar-refractivity contribution in [1.29, 1.82) is 0 Å². The molecule has 14 heavy (non-hydrogen) atoms. The summed E-state index contributed by atoms with van der Waals surface area (Å²) in [7, 11) is 0. The highest BCUT2D eigenvalue weighted by Crippen LogP contribution is 2.39. The molecular formula is C12H17NS. The summed E-state index contributed by atoms with van der Waals surface area (Å²) < 4.78 is 0. The van der Waals surface area contributed by atoms with Gasteiger partial charge in [-0.2, -0.15) is 0 Å². The van der Waals surface area contributed by atoms with Crippen molar-refractivity contribution >= 4 is 17.4 Å². The molecule has 0 radical (unpaired) electrons. The highest BCUT2D eigenvalue weighted by atomic mass is 32.2. The molecule has 0 bridgehead atoms. The van der Waals surface area contributed by atoms with Gasteiger partial charge < -0.3 is 5.32 Å². The SMILES string of the molecule is CCC1c2ccc(SC)cc2NC1C. The molecule has 1 nitrogen and oxygen atoms in total. The van der Waals surface area contributed by atoms with E-state index in [1.807, 2.05) is 0 Å². The minimum atomic E-state index is 0.590. The van der Waals surface area contributed by atoms with Crippen molar-refractivity contribution < 1.29 is 0 Å². The highest BCUT2D eigenvalue weighted by molar-refractivity contribution is 7.98. The van der Waals surface area contributed by atoms with E-state index < -0.39 is 0 Å². The van der Waals surface area contributed by atoms with Crippen LogP contribution in [-0.2, 0) is 0 Å². The van der Waals surface area contributed by atoms with Gasteiger partial charge in [0.2, 0.25) is 0 Å². The number of fused-ring (bicyclic) bond motifs is 1. The van der Waals surface area contributed by atoms with Gasteiger partial charge in [-0.05, 0) is 37.3 Å². The largest absolute Gasteiger partial charge is 0.382 e. The van der Waals surface area contributed by atoms with E-state index in [9.17, 15) is 0 Å². The van der Waals surface area contributed by atoms with E-state index in [0.29, 0.717) is 12.0 Å². The van der Waals surface area contributed by atoms with Crippen LogP contribution in [-0.4, -0.2) is 12.3 Å². The maximum Gasteiger partial charge on any atom is 0.0389 e. The van der Waals surface area contributed by atoms with Crippen LogP contribution in [0.3, 0.4) is 0 Å². The zero-order valence-electron chi connectivity index (χ0n) is 9.00. The average molecular weight is 207 g/mol. The molecule has 1 aliphatic rings. The van der Waals surface area contributed by atoms with Crippen LogP contribution in [0.5, 0.6) is 0 Å². The van der Waals surface area contributed by atoms with Crippen molar-refractivity contribution in [2.45, 2.75) is 37.1 Å². The van der Waals surface area contributed by atoms with Crippen LogP contribution in [0.2, 0.25) is 0 Å². The van der Waals surface area contributed by atoms with E-state index in [1.165, 1.54) is 22.6 Å². The minimum absolute atomic E-state index is 0.590. The second-order valence-corrected chi connectivity index (χ2v) is 4.78. The number of rotatable bonds is 2. The third-order valence-corrected chi connectivity index (χ3v) is 3.81. The maximum atomic E-state index is 3.56. The van der Waals surface area contributed by atoms with E-state index >= 15 is 0 Å². The number of hydrogen-bond acceptors (Lipinski definition) is 2. The fraction of sp³-hybridized carbons (Fsp3) is 0.500. The van der Waals surface area contributed by atoms with Crippen molar-refractivity contribution in [2.75, 3.05) is 11.6 Å². The molecule has 76 valence electrons. The molecule has 1 N–H and O–H groups in total. The quantitative estimate of drug-likeness (QED) is 0.742. The lowest BCUT2D eigenvalue weighted by atomic mass is 9.94. The molecule has 0 fully saturated rings. The first-order valence-corrected chi connectivity index (χ1v) is 6.43. The van der Waals surface area contributed by atoms with E-state index in [0.717, 1.165) is 0 Å². The predicted molar refractivity (Wildman–Crippen MR) is 64.3 cm³/mol. The summed E-state index contributed by atoms with van der Waals surface area (Å²) in [4.78, 5) is 1.35. The highest BCUT2D eigenvalue weighted by Gasteiger charge is 2.27. The van der Waals surface area contributed by atoms with Crippen LogP contribution in [0, 0.1) is 0 Å². The van der Waals surface area contributed by atoms with E-state index in [-0.39, 0.29) is 0 Å². The first-order valence-electron chi connectivity index (χ1n) is 5.20. The molecule has 0 saturated heterocycles. The van der Waals surface area contributed by atoms with Crippen LogP contribution < -0.4 is 5.32 Å². The lowest BCUT2D eigenvalue weighted by molar-refractivity contribution is 0.613. The summed E-state index contributed by atoms with van der Waals surface area (Å²) in [5.41, 5.74) is 2.84. The lowest BCUT2D eigenvalue weighted by Crippen LogP contribution is -2.14. The number of nitrogens with one attached hydrogen (secondary N) is 1. The molecule has 0 aliphatic carbocycles. The topological polar surface area (TPSA) is 12.0 Å². The summed E-state index contributed by atoms with van der Waals surface area (Å²) >= 11 is 1.80. The molecule has 2 atom stereocenters. The molecule has 0 saturated carbocycles. The normalized spacial score (nSPS) is 24.5. The van der Waals surface area contributed by atoms with Crippen LogP contribution in [0.15, 0.2) is 23.1 Å². The van der Waals surface area contributed by atoms with Gasteiger partial charge in [-0.15, -0.1) is 11.8 Å². The molecule has 1 aliphatic heterocycles. The summed E-state index contributed by atoms with van der Waals surface area (Å²) in [5, 5.41) is 3.56. The Bertz CT molecular complexity index is 335. The van der Waals surface area contributed by atoms with Crippen molar-refractivity contribution in [3.05, 3.63) is 23.8 Å². The third-order valence-electron chi connectivity index (χ3n) is 3.09. The number of anilines is 1. The van der Waals surface area contributed by atoms with Crippen molar-refractivity contribution in [3.63, 3.8) is 0 Å². The van der Waals surface area contributed by atoms with Gasteiger partial charge in [-0.1, -0.05) is 13.0 Å². The standard InChI is InChI=1S/C12H17NS/c1-4-10-8(2)13-12-7-9(14-3)5-6-11(10)12/h5-8,10,13H,4H2,1-3H3. The molecule has 2 rings (SSSR count). The fourth-order valence-corrected chi connectivity index (χ4v) is 2.74. The number of benzene rings is 1. The predicted octanol–water partition coefficient (Wildman–Crippen LogP) is 3.72. The van der Waals surface area contributed by atoms with Gasteiger partial charge in [0.25, 0.3) is 0 Å². The summed E-state index contributed by atoms with van der Waals surface area (Å²) in [6, 6.07) is 7.37. The molecule has 0 amide bonds. The molecular weight excluding hydrogens is 190 g/mol. The van der Waals surface area contributed by atoms with Gasteiger partial charge in [-0.25, -0.2) is 0 Å². The average Bonchev–Trinajstić information content (AvgIpc) is 2.51. The van der Waals surface area contributed by atoms with Crippen LogP contribution in [0.4, 0.5) is 5.69 Å². The van der Waals surface area contributed by atoms with Gasteiger partial charge >= 0.3 is 0 Å². The van der Waals surface area contributed by atoms with Gasteiger partial charge in [0.15, 0.2) is 0 Å². The second-order valence-electron chi connectivity index (χ2n) is 3.90. The Hall–Kier alpha value is -0.630. The Morgan fingerprint density at radius 3 is 2.86 bits per heavy atom. The molecule has 2 unspecified atom stereocenters. The van der Waals surface area contributed by atoms with E-state index in [4.69, 9.17) is 0 Å². The van der Waals surface area contributed by atoms with Gasteiger partial charge in [0.1, 0.15) is 0 Å². The fourth-order valence-electron chi connectivity index (χ4n) is 2.30. The number of thioether (sulfide) groups is 1. The summed E-state index contributed by atoms with van der Waals surface area (Å²) in [6.07, 6.45) is 3.34. The Balaban J connectivity index is 2.37. The smallest absolute Gasteiger partial charge is 0.0389 e. The van der Waals surface area contributed by atoms with Crippen LogP contribution >= 0.6 is 11.8 Å². The monoisotopic (exact) mass is 207 g/mol. The maximum absolute atomic E-state index is 3.56. The molecule has 1 aromatic rings. The van der Waals surface area contributed by atoms with Crippen molar-refractivity contribution in [3.8, 4) is 0 Å². The minimum Gasteiger partial charge on any atom is -0.382 e. The Morgan fingerprint density at radius 2 is 2.21 bits per heavy atom. The van der Waals surface area contributed by atoms with Gasteiger partial charge in [0.05, 0.1) is 0 Å². The number of hydrogen-bond donors (Lipinski definition) is 1. The Labute approximate surface area is 90.3 Å². The molecule has 1 heterocycles. The van der Waals surface area contributed by atoms with Crippen molar-refractivity contribution in [1.82, 2.24) is 0 Å². The molecule has 1 aromatic carbocycles. The summed E-state index contributed by atoms with van der Waals surface area (Å²) in [5.74, 6) is 0.695. The molecule has 0 spiro atoms. The Morgan fingerprint density at radius 1 is 1.43 bits per heavy atom. The van der Waals surface area contributed by atoms with E-state index in [1.54, 1.807) is 11.8 Å². The zero-order chi connectivity index (χ0) is 10.1. The molecule has 2 heteroatoms. The summed E-state index contributed by atoms with van der Waals surface area (Å²) in [6.45, 7) is 4.54. The van der Waals surface area contributed by atoms with E-state index in [2.05, 4.69) is 43.6 Å². The first-order chi connectivity index (χ1) is 6.76. The van der Waals surface area contributed by atoms with Crippen LogP contribution in [0.1, 0.15) is 31.7 Å². The first kappa shape index (κ1) is 9.91. The zero-order valence-corrected chi connectivity index (χ0v) is 9.82. The lowest BCUT2D eigenvalue weighted by Gasteiger charge is -2.12. The van der Waals surface area contributed by atoms with Crippen molar-refractivity contribution in [2.24, 2.45) is 0 Å². The van der Waals surface area contributed by atoms with Crippen LogP contribution in [0.25, 0.3) is 0 Å². The van der Waals surface area contributed by atoms with Gasteiger partial charge in [-0.3, -0.25) is 0 Å². The van der Waals surface area contributed by atoms with Gasteiger partial charge in [0, 0.05) is 22.5 Å². The molecule has 0 aromatic heterocycles. The third kappa shape index (κ3) is 1.52.